The zero-order valence-corrected chi connectivity index (χ0v) is 12.3. The number of methoxy groups -OCH3 is 1. The van der Waals surface area contributed by atoms with E-state index < -0.39 is 0 Å². The van der Waals surface area contributed by atoms with Gasteiger partial charge in [0.2, 0.25) is 0 Å². The van der Waals surface area contributed by atoms with E-state index in [1.807, 2.05) is 11.8 Å². The average Bonchev–Trinajstić information content (AvgIpc) is 3.06. The lowest BCUT2D eigenvalue weighted by Crippen LogP contribution is -2.48. The third-order valence-corrected chi connectivity index (χ3v) is 5.52. The number of ether oxygens (including phenoxy) is 3. The molecule has 3 rings (SSSR count). The van der Waals surface area contributed by atoms with Crippen molar-refractivity contribution >= 4 is 16.9 Å². The predicted octanol–water partition coefficient (Wildman–Crippen LogP) is 1.03. The molecule has 3 saturated heterocycles. The highest BCUT2D eigenvalue weighted by Gasteiger charge is 2.40. The molecule has 3 aliphatic rings. The van der Waals surface area contributed by atoms with Gasteiger partial charge in [0.15, 0.2) is 5.17 Å². The summed E-state index contributed by atoms with van der Waals surface area (Å²) < 4.78 is 16.5. The second kappa shape index (κ2) is 5.60. The van der Waals surface area contributed by atoms with Gasteiger partial charge in [0.25, 0.3) is 0 Å². The van der Waals surface area contributed by atoms with Crippen LogP contribution in [0.5, 0.6) is 0 Å². The Morgan fingerprint density at radius 2 is 2.05 bits per heavy atom. The number of thioether (sulfide) groups is 1. The van der Waals surface area contributed by atoms with Crippen molar-refractivity contribution in [1.29, 1.82) is 0 Å². The number of amidine groups is 1. The van der Waals surface area contributed by atoms with Crippen LogP contribution in [0.4, 0.5) is 0 Å². The summed E-state index contributed by atoms with van der Waals surface area (Å²) in [6.07, 6.45) is 3.10. The van der Waals surface area contributed by atoms with Gasteiger partial charge in [-0.3, -0.25) is 4.99 Å². The van der Waals surface area contributed by atoms with E-state index in [0.29, 0.717) is 13.2 Å². The molecule has 19 heavy (non-hydrogen) atoms. The van der Waals surface area contributed by atoms with Crippen molar-refractivity contribution in [2.24, 2.45) is 4.99 Å². The quantitative estimate of drug-likeness (QED) is 0.840. The van der Waals surface area contributed by atoms with Crippen molar-refractivity contribution in [1.82, 2.24) is 5.32 Å². The number of aliphatic imine (C=N–C) groups is 1. The molecular weight excluding hydrogens is 264 g/mol. The Bertz CT molecular complexity index is 350. The molecule has 0 saturated carbocycles. The molecule has 1 atom stereocenters. The second-order valence-electron chi connectivity index (χ2n) is 5.62. The van der Waals surface area contributed by atoms with Gasteiger partial charge in [0.1, 0.15) is 5.60 Å². The SMILES string of the molecule is COC1(CN=C2NC3(CCOCC3)CS2)CCOC1. The molecule has 1 N–H and O–H groups in total. The van der Waals surface area contributed by atoms with Gasteiger partial charge < -0.3 is 19.5 Å². The van der Waals surface area contributed by atoms with Gasteiger partial charge in [-0.1, -0.05) is 11.8 Å². The molecule has 108 valence electrons. The van der Waals surface area contributed by atoms with Crippen LogP contribution in [0, 0.1) is 0 Å². The zero-order chi connectivity index (χ0) is 13.2. The molecule has 5 nitrogen and oxygen atoms in total. The van der Waals surface area contributed by atoms with Crippen LogP contribution in [0.1, 0.15) is 19.3 Å². The zero-order valence-electron chi connectivity index (χ0n) is 11.4. The summed E-state index contributed by atoms with van der Waals surface area (Å²) in [5.41, 5.74) is 0.00876. The molecule has 0 amide bonds. The fourth-order valence-electron chi connectivity index (χ4n) is 2.78. The van der Waals surface area contributed by atoms with Gasteiger partial charge in [0, 0.05) is 39.1 Å². The number of hydrogen-bond acceptors (Lipinski definition) is 5. The van der Waals surface area contributed by atoms with Crippen LogP contribution in [0.3, 0.4) is 0 Å². The molecule has 0 aromatic heterocycles. The summed E-state index contributed by atoms with van der Waals surface area (Å²) in [5.74, 6) is 1.10. The summed E-state index contributed by atoms with van der Waals surface area (Å²) in [7, 11) is 1.75. The summed E-state index contributed by atoms with van der Waals surface area (Å²) in [4.78, 5) is 4.72. The fraction of sp³-hybridized carbons (Fsp3) is 0.923. The van der Waals surface area contributed by atoms with Crippen molar-refractivity contribution in [3.63, 3.8) is 0 Å². The minimum atomic E-state index is -0.208. The van der Waals surface area contributed by atoms with Crippen LogP contribution in [-0.4, -0.2) is 62.1 Å². The maximum atomic E-state index is 5.61. The van der Waals surface area contributed by atoms with Gasteiger partial charge in [0.05, 0.1) is 18.7 Å². The minimum Gasteiger partial charge on any atom is -0.381 e. The van der Waals surface area contributed by atoms with Gasteiger partial charge in [-0.2, -0.15) is 0 Å². The van der Waals surface area contributed by atoms with Crippen LogP contribution in [0.2, 0.25) is 0 Å². The van der Waals surface area contributed by atoms with E-state index in [-0.39, 0.29) is 11.1 Å². The fourth-order valence-corrected chi connectivity index (χ4v) is 4.00. The van der Waals surface area contributed by atoms with Crippen molar-refractivity contribution < 1.29 is 14.2 Å². The number of nitrogens with zero attached hydrogens (tertiary/aromatic N) is 1. The van der Waals surface area contributed by atoms with Crippen molar-refractivity contribution in [3.05, 3.63) is 0 Å². The van der Waals surface area contributed by atoms with E-state index >= 15 is 0 Å². The number of rotatable bonds is 3. The lowest BCUT2D eigenvalue weighted by molar-refractivity contribution is -0.00903. The van der Waals surface area contributed by atoms with Crippen molar-refractivity contribution in [2.45, 2.75) is 30.4 Å². The summed E-state index contributed by atoms with van der Waals surface area (Å²) in [6.45, 7) is 3.84. The Morgan fingerprint density at radius 1 is 1.26 bits per heavy atom. The lowest BCUT2D eigenvalue weighted by Gasteiger charge is -2.32. The van der Waals surface area contributed by atoms with E-state index in [9.17, 15) is 0 Å². The largest absolute Gasteiger partial charge is 0.381 e. The number of hydrogen-bond donors (Lipinski definition) is 1. The van der Waals surface area contributed by atoms with Gasteiger partial charge in [-0.25, -0.2) is 0 Å². The first-order valence-corrected chi connectivity index (χ1v) is 7.91. The Hall–Kier alpha value is -0.300. The third kappa shape index (κ3) is 2.91. The van der Waals surface area contributed by atoms with Crippen LogP contribution in [0.15, 0.2) is 4.99 Å². The first kappa shape index (κ1) is 13.7. The Labute approximate surface area is 118 Å². The first-order chi connectivity index (χ1) is 9.26. The van der Waals surface area contributed by atoms with E-state index in [1.54, 1.807) is 7.11 Å². The van der Waals surface area contributed by atoms with Crippen LogP contribution in [0.25, 0.3) is 0 Å². The summed E-state index contributed by atoms with van der Waals surface area (Å²) in [5, 5.41) is 4.67. The van der Waals surface area contributed by atoms with E-state index in [1.165, 1.54) is 0 Å². The molecule has 1 unspecified atom stereocenters. The Morgan fingerprint density at radius 3 is 2.74 bits per heavy atom. The minimum absolute atomic E-state index is 0.208. The normalized spacial score (nSPS) is 35.9. The predicted molar refractivity (Wildman–Crippen MR) is 75.9 cm³/mol. The van der Waals surface area contributed by atoms with E-state index in [2.05, 4.69) is 5.32 Å². The lowest BCUT2D eigenvalue weighted by atomic mass is 9.93. The van der Waals surface area contributed by atoms with Crippen LogP contribution < -0.4 is 5.32 Å². The molecule has 0 aromatic carbocycles. The molecule has 0 radical (unpaired) electrons. The van der Waals surface area contributed by atoms with Crippen LogP contribution >= 0.6 is 11.8 Å². The first-order valence-electron chi connectivity index (χ1n) is 6.92. The summed E-state index contributed by atoms with van der Waals surface area (Å²) in [6, 6.07) is 0. The molecule has 3 heterocycles. The van der Waals surface area contributed by atoms with Crippen LogP contribution in [-0.2, 0) is 14.2 Å². The monoisotopic (exact) mass is 286 g/mol. The second-order valence-corrected chi connectivity index (χ2v) is 6.58. The smallest absolute Gasteiger partial charge is 0.157 e. The molecular formula is C13H22N2O3S. The molecule has 0 aromatic rings. The number of nitrogens with one attached hydrogen (secondary N) is 1. The van der Waals surface area contributed by atoms with Gasteiger partial charge in [-0.15, -0.1) is 0 Å². The Balaban J connectivity index is 1.59. The van der Waals surface area contributed by atoms with Gasteiger partial charge in [-0.05, 0) is 12.8 Å². The molecule has 6 heteroatoms. The van der Waals surface area contributed by atoms with E-state index in [4.69, 9.17) is 19.2 Å². The molecule has 0 bridgehead atoms. The highest BCUT2D eigenvalue weighted by atomic mass is 32.2. The topological polar surface area (TPSA) is 52.1 Å². The van der Waals surface area contributed by atoms with E-state index in [0.717, 1.165) is 50.0 Å². The molecule has 1 spiro atoms. The maximum absolute atomic E-state index is 5.61. The molecule has 3 aliphatic heterocycles. The summed E-state index contributed by atoms with van der Waals surface area (Å²) >= 11 is 1.83. The maximum Gasteiger partial charge on any atom is 0.157 e. The average molecular weight is 286 g/mol. The van der Waals surface area contributed by atoms with Gasteiger partial charge >= 0.3 is 0 Å². The molecule has 0 aliphatic carbocycles. The van der Waals surface area contributed by atoms with Crippen molar-refractivity contribution in [2.75, 3.05) is 45.8 Å². The standard InChI is InChI=1S/C13H22N2O3S/c1-16-13(4-7-18-9-13)8-14-11-15-12(10-19-11)2-5-17-6-3-12/h2-10H2,1H3,(H,14,15). The molecule has 3 fully saturated rings. The third-order valence-electron chi connectivity index (χ3n) is 4.32. The Kier molecular flexibility index (Phi) is 4.03. The van der Waals surface area contributed by atoms with Crippen molar-refractivity contribution in [3.8, 4) is 0 Å². The highest BCUT2D eigenvalue weighted by molar-refractivity contribution is 8.14. The highest BCUT2D eigenvalue weighted by Crippen LogP contribution is 2.32.